The van der Waals surface area contributed by atoms with E-state index in [9.17, 15) is 19.2 Å². The van der Waals surface area contributed by atoms with Gasteiger partial charge < -0.3 is 0 Å². The van der Waals surface area contributed by atoms with E-state index in [1.807, 2.05) is 42.5 Å². The van der Waals surface area contributed by atoms with E-state index in [1.165, 1.54) is 17.7 Å². The summed E-state index contributed by atoms with van der Waals surface area (Å²) in [5, 5.41) is 3.46. The first kappa shape index (κ1) is 30.2. The van der Waals surface area contributed by atoms with Crippen molar-refractivity contribution in [3.05, 3.63) is 105 Å². The minimum absolute atomic E-state index is 0.00738. The number of amides is 4. The number of carbonyl (C=O) groups excluding carboxylic acids is 4. The minimum Gasteiger partial charge on any atom is -0.272 e. The van der Waals surface area contributed by atoms with Crippen molar-refractivity contribution in [2.45, 2.75) is 95.6 Å². The summed E-state index contributed by atoms with van der Waals surface area (Å²) in [4.78, 5) is 58.4. The average molecular weight is 649 g/mol. The van der Waals surface area contributed by atoms with Crippen LogP contribution in [0.15, 0.2) is 72.8 Å². The predicted octanol–water partition coefficient (Wildman–Crippen LogP) is 7.28. The molecule has 9 rings (SSSR count). The molecule has 2 heterocycles. The molecule has 4 amide bonds. The van der Waals surface area contributed by atoms with Crippen LogP contribution in [0.25, 0.3) is 33.0 Å². The Morgan fingerprint density at radius 3 is 1.65 bits per heavy atom. The van der Waals surface area contributed by atoms with Gasteiger partial charge in [0.25, 0.3) is 23.6 Å². The maximum Gasteiger partial charge on any atom is 0.261 e. The molecule has 6 heteroatoms. The van der Waals surface area contributed by atoms with Gasteiger partial charge in [0.1, 0.15) is 0 Å². The first-order valence-corrected chi connectivity index (χ1v) is 18.3. The van der Waals surface area contributed by atoms with Gasteiger partial charge in [0.2, 0.25) is 0 Å². The lowest BCUT2D eigenvalue weighted by Crippen LogP contribution is -2.54. The topological polar surface area (TPSA) is 74.8 Å². The summed E-state index contributed by atoms with van der Waals surface area (Å²) in [6, 6.07) is 24.0. The molecule has 2 aliphatic heterocycles. The molecule has 0 unspecified atom stereocenters. The van der Waals surface area contributed by atoms with Gasteiger partial charge in [-0.3, -0.25) is 29.0 Å². The van der Waals surface area contributed by atoms with Crippen molar-refractivity contribution in [1.82, 2.24) is 9.80 Å². The molecule has 5 aliphatic rings. The number of hydrogen-bond donors (Lipinski definition) is 0. The van der Waals surface area contributed by atoms with Crippen molar-refractivity contribution in [3.8, 4) is 11.1 Å². The molecular weight excluding hydrogens is 608 g/mol. The van der Waals surface area contributed by atoms with Gasteiger partial charge in [-0.15, -0.1) is 0 Å². The molecule has 0 radical (unpaired) electrons. The van der Waals surface area contributed by atoms with Gasteiger partial charge in [0.05, 0.1) is 0 Å². The Bertz CT molecular complexity index is 2180. The highest BCUT2D eigenvalue weighted by atomic mass is 16.2. The molecule has 4 aromatic carbocycles. The number of hydrogen-bond acceptors (Lipinski definition) is 4. The summed E-state index contributed by atoms with van der Waals surface area (Å²) < 4.78 is 0. The summed E-state index contributed by atoms with van der Waals surface area (Å²) in [6.45, 7) is 0. The molecule has 49 heavy (non-hydrogen) atoms. The van der Waals surface area contributed by atoms with E-state index in [4.69, 9.17) is 0 Å². The van der Waals surface area contributed by atoms with E-state index in [0.717, 1.165) is 113 Å². The molecule has 0 N–H and O–H groups in total. The van der Waals surface area contributed by atoms with Crippen LogP contribution in [0.1, 0.15) is 120 Å². The van der Waals surface area contributed by atoms with E-state index in [2.05, 4.69) is 30.3 Å². The van der Waals surface area contributed by atoms with Crippen molar-refractivity contribution in [2.24, 2.45) is 0 Å². The predicted molar refractivity (Wildman–Crippen MR) is 190 cm³/mol. The van der Waals surface area contributed by atoms with Crippen molar-refractivity contribution in [1.29, 1.82) is 0 Å². The number of nitrogens with zero attached hydrogens (tertiary/aromatic N) is 2. The Morgan fingerprint density at radius 2 is 0.959 bits per heavy atom. The lowest BCUT2D eigenvalue weighted by molar-refractivity contribution is -0.125. The SMILES string of the molecule is O=C1C2=c3c(cccc3=C(c3ccc(-c4ccc5c6c(cccc46)C(=O)N(C4CCCCC4)C5=O)cc3)CC2)C(=O)N1C1CCCCCC1. The highest BCUT2D eigenvalue weighted by Crippen LogP contribution is 2.39. The smallest absolute Gasteiger partial charge is 0.261 e. The van der Waals surface area contributed by atoms with Crippen molar-refractivity contribution in [2.75, 3.05) is 0 Å². The zero-order chi connectivity index (χ0) is 33.2. The average Bonchev–Trinajstić information content (AvgIpc) is 3.43. The second-order valence-electron chi connectivity index (χ2n) is 14.5. The van der Waals surface area contributed by atoms with Crippen LogP contribution in [0, 0.1) is 0 Å². The number of benzene rings is 4. The third-order valence-electron chi connectivity index (χ3n) is 11.9. The normalized spacial score (nSPS) is 20.2. The molecule has 0 spiro atoms. The van der Waals surface area contributed by atoms with Gasteiger partial charge in [0.15, 0.2) is 0 Å². The number of carbonyl (C=O) groups is 4. The summed E-state index contributed by atoms with van der Waals surface area (Å²) in [6.07, 6.45) is 12.6. The monoisotopic (exact) mass is 648 g/mol. The molecule has 2 fully saturated rings. The molecule has 0 atom stereocenters. The van der Waals surface area contributed by atoms with Gasteiger partial charge in [-0.05, 0) is 89.6 Å². The molecule has 4 aromatic rings. The first-order valence-electron chi connectivity index (χ1n) is 18.3. The molecule has 0 aromatic heterocycles. The number of rotatable bonds is 4. The van der Waals surface area contributed by atoms with Gasteiger partial charge in [-0.25, -0.2) is 0 Å². The largest absolute Gasteiger partial charge is 0.272 e. The maximum atomic E-state index is 13.9. The Kier molecular flexibility index (Phi) is 7.37. The quantitative estimate of drug-likeness (QED) is 0.172. The van der Waals surface area contributed by atoms with E-state index in [1.54, 1.807) is 4.90 Å². The van der Waals surface area contributed by atoms with Crippen LogP contribution < -0.4 is 10.4 Å². The second-order valence-corrected chi connectivity index (χ2v) is 14.5. The lowest BCUT2D eigenvalue weighted by Gasteiger charge is -2.36. The first-order chi connectivity index (χ1) is 24.0. The zero-order valence-corrected chi connectivity index (χ0v) is 27.8. The van der Waals surface area contributed by atoms with E-state index < -0.39 is 0 Å². The van der Waals surface area contributed by atoms with Crippen LogP contribution in [-0.4, -0.2) is 45.5 Å². The standard InChI is InChI=1S/C43H40N2O4/c46-40-34-16-8-14-32-30(22-24-36(38(32)34)42(48)44(40)28-10-4-1-2-5-11-28)26-18-20-27(21-19-26)31-23-25-37-39-33(31)15-9-17-35(39)41(47)45(43(37)49)29-12-6-3-7-13-29/h8-9,14-21,23,25,28-29H,1-7,10-13,22,24H2. The molecule has 2 saturated carbocycles. The zero-order valence-electron chi connectivity index (χ0n) is 27.8. The van der Waals surface area contributed by atoms with Crippen LogP contribution in [-0.2, 0) is 4.79 Å². The van der Waals surface area contributed by atoms with Gasteiger partial charge in [-0.1, -0.05) is 99.5 Å². The fourth-order valence-corrected chi connectivity index (χ4v) is 9.43. The Hall–Kier alpha value is -4.84. The third-order valence-corrected chi connectivity index (χ3v) is 11.9. The Balaban J connectivity index is 1.09. The summed E-state index contributed by atoms with van der Waals surface area (Å²) in [5.41, 5.74) is 6.85. The van der Waals surface area contributed by atoms with Crippen LogP contribution in [0.2, 0.25) is 0 Å². The third kappa shape index (κ3) is 4.74. The van der Waals surface area contributed by atoms with Gasteiger partial charge in [-0.2, -0.15) is 0 Å². The summed E-state index contributed by atoms with van der Waals surface area (Å²) in [5.74, 6) is -0.579. The number of imide groups is 2. The van der Waals surface area contributed by atoms with E-state index in [0.29, 0.717) is 23.1 Å². The highest BCUT2D eigenvalue weighted by Gasteiger charge is 2.40. The van der Waals surface area contributed by atoms with E-state index >= 15 is 0 Å². The van der Waals surface area contributed by atoms with Crippen molar-refractivity contribution >= 4 is 45.5 Å². The maximum absolute atomic E-state index is 13.9. The van der Waals surface area contributed by atoms with Crippen molar-refractivity contribution < 1.29 is 19.2 Å². The molecule has 0 bridgehead atoms. The van der Waals surface area contributed by atoms with Crippen LogP contribution in [0.5, 0.6) is 0 Å². The van der Waals surface area contributed by atoms with E-state index in [-0.39, 0.29) is 35.7 Å². The molecule has 246 valence electrons. The molecule has 6 nitrogen and oxygen atoms in total. The van der Waals surface area contributed by atoms with Crippen molar-refractivity contribution in [3.63, 3.8) is 0 Å². The summed E-state index contributed by atoms with van der Waals surface area (Å²) in [7, 11) is 0. The molecular formula is C43H40N2O4. The highest BCUT2D eigenvalue weighted by molar-refractivity contribution is 6.27. The molecule has 3 aliphatic carbocycles. The lowest BCUT2D eigenvalue weighted by atomic mass is 9.84. The Labute approximate surface area is 286 Å². The van der Waals surface area contributed by atoms with Crippen LogP contribution in [0.3, 0.4) is 0 Å². The fourth-order valence-electron chi connectivity index (χ4n) is 9.43. The Morgan fingerprint density at radius 1 is 0.449 bits per heavy atom. The minimum atomic E-state index is -0.173. The van der Waals surface area contributed by atoms with Gasteiger partial charge in [0, 0.05) is 45.0 Å². The van der Waals surface area contributed by atoms with Gasteiger partial charge >= 0.3 is 0 Å². The van der Waals surface area contributed by atoms with Crippen LogP contribution >= 0.6 is 0 Å². The second kappa shape index (κ2) is 11.9. The fraction of sp³-hybridized carbons (Fsp3) is 0.349. The molecule has 0 saturated heterocycles. The summed E-state index contributed by atoms with van der Waals surface area (Å²) >= 11 is 0. The van der Waals surface area contributed by atoms with Crippen LogP contribution in [0.4, 0.5) is 0 Å².